The van der Waals surface area contributed by atoms with Crippen LogP contribution in [-0.2, 0) is 0 Å². The molecular weight excluding hydrogens is 289 g/mol. The van der Waals surface area contributed by atoms with Gasteiger partial charge in [0, 0.05) is 6.07 Å². The molecule has 2 rings (SSSR count). The molecule has 2 N–H and O–H groups in total. The second-order valence-corrected chi connectivity index (χ2v) is 4.21. The highest BCUT2D eigenvalue weighted by molar-refractivity contribution is 9.10. The van der Waals surface area contributed by atoms with Crippen LogP contribution >= 0.6 is 15.9 Å². The summed E-state index contributed by atoms with van der Waals surface area (Å²) < 4.78 is 18.8. The molecule has 0 aliphatic rings. The van der Waals surface area contributed by atoms with Crippen molar-refractivity contribution in [3.05, 3.63) is 40.4 Å². The van der Waals surface area contributed by atoms with E-state index < -0.39 is 0 Å². The highest BCUT2D eigenvalue weighted by atomic mass is 79.9. The van der Waals surface area contributed by atoms with Gasteiger partial charge in [0.2, 0.25) is 5.88 Å². The molecule has 2 aromatic rings. The monoisotopic (exact) mass is 297 g/mol. The summed E-state index contributed by atoms with van der Waals surface area (Å²) in [4.78, 5) is 7.98. The van der Waals surface area contributed by atoms with Gasteiger partial charge in [0.05, 0.1) is 4.47 Å². The molecule has 0 saturated heterocycles. The molecule has 0 saturated carbocycles. The van der Waals surface area contributed by atoms with Gasteiger partial charge in [-0.25, -0.2) is 9.37 Å². The van der Waals surface area contributed by atoms with Crippen molar-refractivity contribution in [2.45, 2.75) is 6.92 Å². The van der Waals surface area contributed by atoms with Crippen molar-refractivity contribution >= 4 is 21.7 Å². The van der Waals surface area contributed by atoms with Gasteiger partial charge in [-0.05, 0) is 41.1 Å². The first-order valence-corrected chi connectivity index (χ1v) is 5.58. The average molecular weight is 298 g/mol. The third-order valence-corrected chi connectivity index (χ3v) is 2.56. The highest BCUT2D eigenvalue weighted by Gasteiger charge is 2.05. The number of halogens is 2. The van der Waals surface area contributed by atoms with E-state index in [1.54, 1.807) is 6.92 Å². The van der Waals surface area contributed by atoms with Gasteiger partial charge in [0.25, 0.3) is 0 Å². The number of hydrogen-bond donors (Lipinski definition) is 1. The number of aromatic nitrogens is 2. The zero-order valence-electron chi connectivity index (χ0n) is 8.95. The third-order valence-electron chi connectivity index (χ3n) is 1.95. The minimum absolute atomic E-state index is 0.327. The Labute approximate surface area is 106 Å². The molecule has 0 aliphatic heterocycles. The normalized spacial score (nSPS) is 10.3. The van der Waals surface area contributed by atoms with Crippen LogP contribution in [0.2, 0.25) is 0 Å². The summed E-state index contributed by atoms with van der Waals surface area (Å²) in [6.07, 6.45) is 0. The number of aryl methyl sites for hydroxylation is 1. The lowest BCUT2D eigenvalue weighted by molar-refractivity contribution is 0.458. The molecular formula is C11H9BrFN3O. The molecule has 0 bridgehead atoms. The molecule has 1 heterocycles. The number of anilines is 1. The standard InChI is InChI=1S/C11H9BrFN3O/c1-6-15-10(14)5-11(16-6)17-7-2-3-9(13)8(12)4-7/h2-5H,1H3,(H2,14,15,16). The van der Waals surface area contributed by atoms with Crippen LogP contribution in [0.1, 0.15) is 5.82 Å². The topological polar surface area (TPSA) is 61.0 Å². The number of ether oxygens (including phenoxy) is 1. The second kappa shape index (κ2) is 4.67. The van der Waals surface area contributed by atoms with E-state index in [0.29, 0.717) is 27.7 Å². The van der Waals surface area contributed by atoms with Crippen molar-refractivity contribution in [2.75, 3.05) is 5.73 Å². The van der Waals surface area contributed by atoms with Gasteiger partial charge in [0.15, 0.2) is 0 Å². The molecule has 1 aromatic heterocycles. The maximum atomic E-state index is 13.0. The van der Waals surface area contributed by atoms with Gasteiger partial charge in [-0.1, -0.05) is 0 Å². The van der Waals surface area contributed by atoms with Gasteiger partial charge in [-0.15, -0.1) is 0 Å². The van der Waals surface area contributed by atoms with Crippen molar-refractivity contribution in [1.29, 1.82) is 0 Å². The average Bonchev–Trinajstić information content (AvgIpc) is 2.22. The fourth-order valence-corrected chi connectivity index (χ4v) is 1.63. The lowest BCUT2D eigenvalue weighted by atomic mass is 10.3. The molecule has 0 aliphatic carbocycles. The number of nitrogen functional groups attached to an aromatic ring is 1. The van der Waals surface area contributed by atoms with Crippen molar-refractivity contribution in [3.8, 4) is 11.6 Å². The zero-order chi connectivity index (χ0) is 12.4. The number of benzene rings is 1. The van der Waals surface area contributed by atoms with Gasteiger partial charge >= 0.3 is 0 Å². The van der Waals surface area contributed by atoms with Crippen molar-refractivity contribution in [3.63, 3.8) is 0 Å². The van der Waals surface area contributed by atoms with Gasteiger partial charge in [0.1, 0.15) is 23.2 Å². The van der Waals surface area contributed by atoms with E-state index in [-0.39, 0.29) is 5.82 Å². The minimum atomic E-state index is -0.351. The van der Waals surface area contributed by atoms with E-state index >= 15 is 0 Å². The van der Waals surface area contributed by atoms with Crippen LogP contribution < -0.4 is 10.5 Å². The van der Waals surface area contributed by atoms with Gasteiger partial charge in [-0.2, -0.15) is 4.98 Å². The van der Waals surface area contributed by atoms with E-state index in [9.17, 15) is 4.39 Å². The minimum Gasteiger partial charge on any atom is -0.439 e. The highest BCUT2D eigenvalue weighted by Crippen LogP contribution is 2.25. The first-order chi connectivity index (χ1) is 8.04. The van der Waals surface area contributed by atoms with E-state index in [1.807, 2.05) is 0 Å². The summed E-state index contributed by atoms with van der Waals surface area (Å²) in [5.74, 6) is 1.29. The maximum Gasteiger partial charge on any atom is 0.224 e. The third kappa shape index (κ3) is 2.91. The molecule has 0 fully saturated rings. The molecule has 0 radical (unpaired) electrons. The van der Waals surface area contributed by atoms with Gasteiger partial charge < -0.3 is 10.5 Å². The summed E-state index contributed by atoms with van der Waals surface area (Å²) in [6, 6.07) is 5.83. The van der Waals surface area contributed by atoms with Crippen LogP contribution in [0.15, 0.2) is 28.7 Å². The first-order valence-electron chi connectivity index (χ1n) is 4.78. The predicted molar refractivity (Wildman–Crippen MR) is 65.4 cm³/mol. The smallest absolute Gasteiger partial charge is 0.224 e. The summed E-state index contributed by atoms with van der Waals surface area (Å²) in [6.45, 7) is 1.71. The Kier molecular flexibility index (Phi) is 3.23. The molecule has 88 valence electrons. The van der Waals surface area contributed by atoms with Gasteiger partial charge in [-0.3, -0.25) is 0 Å². The Morgan fingerprint density at radius 2 is 2.06 bits per heavy atom. The Hall–Kier alpha value is -1.69. The zero-order valence-corrected chi connectivity index (χ0v) is 10.5. The Bertz CT molecular complexity index is 542. The molecule has 0 atom stereocenters. The summed E-state index contributed by atoms with van der Waals surface area (Å²) >= 11 is 3.08. The van der Waals surface area contributed by atoms with Crippen LogP contribution in [0.3, 0.4) is 0 Å². The quantitative estimate of drug-likeness (QED) is 0.925. The van der Waals surface area contributed by atoms with Crippen LogP contribution in [0.5, 0.6) is 11.6 Å². The summed E-state index contributed by atoms with van der Waals surface area (Å²) in [5.41, 5.74) is 5.57. The fraction of sp³-hybridized carbons (Fsp3) is 0.0909. The molecule has 0 amide bonds. The maximum absolute atomic E-state index is 13.0. The molecule has 17 heavy (non-hydrogen) atoms. The molecule has 6 heteroatoms. The Morgan fingerprint density at radius 1 is 1.29 bits per heavy atom. The summed E-state index contributed by atoms with van der Waals surface area (Å²) in [5, 5.41) is 0. The van der Waals surface area contributed by atoms with Crippen molar-refractivity contribution in [1.82, 2.24) is 9.97 Å². The van der Waals surface area contributed by atoms with E-state index in [0.717, 1.165) is 0 Å². The van der Waals surface area contributed by atoms with Crippen LogP contribution in [0.4, 0.5) is 10.2 Å². The van der Waals surface area contributed by atoms with E-state index in [1.165, 1.54) is 24.3 Å². The van der Waals surface area contributed by atoms with Crippen LogP contribution in [0.25, 0.3) is 0 Å². The molecule has 0 unspecified atom stereocenters. The first kappa shape index (κ1) is 11.8. The number of nitrogens with two attached hydrogens (primary N) is 1. The van der Waals surface area contributed by atoms with Crippen molar-refractivity contribution in [2.24, 2.45) is 0 Å². The van der Waals surface area contributed by atoms with E-state index in [2.05, 4.69) is 25.9 Å². The molecule has 4 nitrogen and oxygen atoms in total. The largest absolute Gasteiger partial charge is 0.439 e. The Morgan fingerprint density at radius 3 is 2.71 bits per heavy atom. The molecule has 0 spiro atoms. The number of rotatable bonds is 2. The summed E-state index contributed by atoms with van der Waals surface area (Å²) in [7, 11) is 0. The van der Waals surface area contributed by atoms with E-state index in [4.69, 9.17) is 10.5 Å². The molecule has 1 aromatic carbocycles. The fourth-order valence-electron chi connectivity index (χ4n) is 1.28. The Balaban J connectivity index is 2.28. The van der Waals surface area contributed by atoms with Crippen LogP contribution in [0, 0.1) is 12.7 Å². The lowest BCUT2D eigenvalue weighted by Gasteiger charge is -2.06. The number of hydrogen-bond acceptors (Lipinski definition) is 4. The SMILES string of the molecule is Cc1nc(N)cc(Oc2ccc(F)c(Br)c2)n1. The lowest BCUT2D eigenvalue weighted by Crippen LogP contribution is -1.97. The van der Waals surface area contributed by atoms with Crippen LogP contribution in [-0.4, -0.2) is 9.97 Å². The number of nitrogens with zero attached hydrogens (tertiary/aromatic N) is 2. The predicted octanol–water partition coefficient (Wildman–Crippen LogP) is 3.06. The second-order valence-electron chi connectivity index (χ2n) is 3.36. The van der Waals surface area contributed by atoms with Crippen molar-refractivity contribution < 1.29 is 9.13 Å².